The van der Waals surface area contributed by atoms with E-state index < -0.39 is 0 Å². The Bertz CT molecular complexity index is 1160. The summed E-state index contributed by atoms with van der Waals surface area (Å²) < 4.78 is 6.98. The van der Waals surface area contributed by atoms with Gasteiger partial charge in [0, 0.05) is 18.3 Å². The second-order valence-corrected chi connectivity index (χ2v) is 9.42. The van der Waals surface area contributed by atoms with Gasteiger partial charge in [-0.1, -0.05) is 43.3 Å². The van der Waals surface area contributed by atoms with Crippen molar-refractivity contribution < 1.29 is 14.3 Å². The highest BCUT2D eigenvalue weighted by Crippen LogP contribution is 2.25. The predicted octanol–water partition coefficient (Wildman–Crippen LogP) is 4.30. The molecule has 2 amide bonds. The van der Waals surface area contributed by atoms with Crippen molar-refractivity contribution in [2.75, 3.05) is 18.2 Å². The van der Waals surface area contributed by atoms with E-state index in [9.17, 15) is 9.59 Å². The van der Waals surface area contributed by atoms with Gasteiger partial charge in [-0.15, -0.1) is 10.2 Å². The molecule has 1 aromatic heterocycles. The molecule has 0 bridgehead atoms. The van der Waals surface area contributed by atoms with Crippen LogP contribution in [0.1, 0.15) is 47.2 Å². The minimum Gasteiger partial charge on any atom is -0.497 e. The molecule has 1 heterocycles. The van der Waals surface area contributed by atoms with Gasteiger partial charge in [0.15, 0.2) is 11.0 Å². The number of aryl methyl sites for hydroxylation is 2. The number of carbonyl (C=O) groups is 2. The molecule has 3 rings (SSSR count). The van der Waals surface area contributed by atoms with E-state index in [-0.39, 0.29) is 29.5 Å². The van der Waals surface area contributed by atoms with Gasteiger partial charge in [0.05, 0.1) is 18.9 Å². The Balaban J connectivity index is 1.66. The van der Waals surface area contributed by atoms with Crippen LogP contribution < -0.4 is 15.4 Å². The first-order valence-electron chi connectivity index (χ1n) is 11.0. The summed E-state index contributed by atoms with van der Waals surface area (Å²) in [6.45, 7) is 8.01. The van der Waals surface area contributed by atoms with Gasteiger partial charge in [-0.05, 0) is 55.7 Å². The summed E-state index contributed by atoms with van der Waals surface area (Å²) in [7, 11) is 3.43. The lowest BCUT2D eigenvalue weighted by Crippen LogP contribution is -2.33. The molecule has 0 aliphatic heterocycles. The number of thioether (sulfide) groups is 1. The maximum atomic E-state index is 12.8. The summed E-state index contributed by atoms with van der Waals surface area (Å²) in [6.07, 6.45) is 0. The topological polar surface area (TPSA) is 98.1 Å². The number of carbonyl (C=O) groups excluding carboxylic acids is 2. The van der Waals surface area contributed by atoms with Crippen LogP contribution in [0.15, 0.2) is 47.6 Å². The largest absolute Gasteiger partial charge is 0.497 e. The Morgan fingerprint density at radius 3 is 2.41 bits per heavy atom. The first-order chi connectivity index (χ1) is 16.2. The third kappa shape index (κ3) is 6.17. The fourth-order valence-electron chi connectivity index (χ4n) is 3.49. The molecule has 3 aromatic rings. The van der Waals surface area contributed by atoms with E-state index in [0.717, 1.165) is 16.8 Å². The number of hydrogen-bond acceptors (Lipinski definition) is 6. The van der Waals surface area contributed by atoms with Gasteiger partial charge in [0.25, 0.3) is 5.91 Å². The van der Waals surface area contributed by atoms with Crippen molar-refractivity contribution in [3.63, 3.8) is 0 Å². The van der Waals surface area contributed by atoms with Crippen LogP contribution in [0, 0.1) is 19.8 Å². The molecule has 34 heavy (non-hydrogen) atoms. The lowest BCUT2D eigenvalue weighted by molar-refractivity contribution is -0.113. The molecule has 0 saturated carbocycles. The van der Waals surface area contributed by atoms with Gasteiger partial charge in [0.2, 0.25) is 5.91 Å². The summed E-state index contributed by atoms with van der Waals surface area (Å²) in [6, 6.07) is 12.5. The van der Waals surface area contributed by atoms with Gasteiger partial charge < -0.3 is 19.9 Å². The van der Waals surface area contributed by atoms with Crippen molar-refractivity contribution in [3.05, 3.63) is 65.0 Å². The fourth-order valence-corrected chi connectivity index (χ4v) is 4.21. The Hall–Kier alpha value is -3.33. The van der Waals surface area contributed by atoms with E-state index in [2.05, 4.69) is 20.8 Å². The van der Waals surface area contributed by atoms with Crippen LogP contribution in [-0.2, 0) is 11.8 Å². The number of benzene rings is 2. The Morgan fingerprint density at radius 2 is 1.79 bits per heavy atom. The minimum absolute atomic E-state index is 0.0794. The lowest BCUT2D eigenvalue weighted by Gasteiger charge is -2.21. The zero-order valence-corrected chi connectivity index (χ0v) is 21.2. The zero-order chi connectivity index (χ0) is 24.8. The predicted molar refractivity (Wildman–Crippen MR) is 134 cm³/mol. The highest BCUT2D eigenvalue weighted by Gasteiger charge is 2.25. The molecule has 9 heteroatoms. The van der Waals surface area contributed by atoms with Crippen LogP contribution >= 0.6 is 11.8 Å². The Labute approximate surface area is 204 Å². The van der Waals surface area contributed by atoms with Gasteiger partial charge in [-0.2, -0.15) is 0 Å². The van der Waals surface area contributed by atoms with E-state index in [4.69, 9.17) is 4.74 Å². The summed E-state index contributed by atoms with van der Waals surface area (Å²) in [5.41, 5.74) is 3.50. The number of amides is 2. The number of rotatable bonds is 9. The molecule has 0 fully saturated rings. The van der Waals surface area contributed by atoms with Crippen molar-refractivity contribution >= 4 is 29.3 Å². The van der Waals surface area contributed by atoms with Gasteiger partial charge in [-0.3, -0.25) is 9.59 Å². The third-order valence-corrected chi connectivity index (χ3v) is 6.46. The quantitative estimate of drug-likeness (QED) is 0.442. The SMILES string of the molecule is COc1ccc(C(=O)NC(c2nnc(SCC(=O)Nc3ccc(C)cc3C)n2C)C(C)C)cc1. The highest BCUT2D eigenvalue weighted by molar-refractivity contribution is 7.99. The van der Waals surface area contributed by atoms with E-state index >= 15 is 0 Å². The molecule has 8 nitrogen and oxygen atoms in total. The standard InChI is InChI=1S/C25H31N5O3S/c1-15(2)22(27-24(32)18-8-10-19(33-6)11-9-18)23-28-29-25(30(23)5)34-14-21(31)26-20-12-7-16(3)13-17(20)4/h7-13,15,22H,14H2,1-6H3,(H,26,31)(H,27,32). The summed E-state index contributed by atoms with van der Waals surface area (Å²) >= 11 is 1.30. The summed E-state index contributed by atoms with van der Waals surface area (Å²) in [5, 5.41) is 15.2. The third-order valence-electron chi connectivity index (χ3n) is 5.44. The van der Waals surface area contributed by atoms with Crippen molar-refractivity contribution in [1.29, 1.82) is 0 Å². The molecule has 180 valence electrons. The van der Waals surface area contributed by atoms with Crippen LogP contribution in [-0.4, -0.2) is 39.4 Å². The van der Waals surface area contributed by atoms with Gasteiger partial charge in [0.1, 0.15) is 5.75 Å². The van der Waals surface area contributed by atoms with Crippen LogP contribution in [0.3, 0.4) is 0 Å². The molecule has 0 saturated heterocycles. The van der Waals surface area contributed by atoms with E-state index in [1.54, 1.807) is 31.4 Å². The van der Waals surface area contributed by atoms with Crippen molar-refractivity contribution in [2.24, 2.45) is 13.0 Å². The molecule has 1 atom stereocenters. The van der Waals surface area contributed by atoms with Crippen LogP contribution in [0.5, 0.6) is 5.75 Å². The number of ether oxygens (including phenoxy) is 1. The Kier molecular flexibility index (Phi) is 8.33. The van der Waals surface area contributed by atoms with Gasteiger partial charge >= 0.3 is 0 Å². The average molecular weight is 482 g/mol. The van der Waals surface area contributed by atoms with Crippen molar-refractivity contribution in [1.82, 2.24) is 20.1 Å². The molecule has 0 spiro atoms. The van der Waals surface area contributed by atoms with Gasteiger partial charge in [-0.25, -0.2) is 0 Å². The zero-order valence-electron chi connectivity index (χ0n) is 20.4. The molecule has 2 aromatic carbocycles. The monoisotopic (exact) mass is 481 g/mol. The van der Waals surface area contributed by atoms with Crippen LogP contribution in [0.4, 0.5) is 5.69 Å². The lowest BCUT2D eigenvalue weighted by atomic mass is 10.0. The molecular weight excluding hydrogens is 450 g/mol. The normalized spacial score (nSPS) is 11.9. The molecule has 0 aliphatic carbocycles. The number of nitrogens with one attached hydrogen (secondary N) is 2. The fraction of sp³-hybridized carbons (Fsp3) is 0.360. The maximum Gasteiger partial charge on any atom is 0.251 e. The minimum atomic E-state index is -0.342. The molecule has 1 unspecified atom stereocenters. The first-order valence-corrected chi connectivity index (χ1v) is 12.0. The van der Waals surface area contributed by atoms with Crippen LogP contribution in [0.2, 0.25) is 0 Å². The first kappa shape index (κ1) is 25.3. The van der Waals surface area contributed by atoms with E-state index in [1.165, 1.54) is 11.8 Å². The Morgan fingerprint density at radius 1 is 1.09 bits per heavy atom. The average Bonchev–Trinajstić information content (AvgIpc) is 3.17. The number of methoxy groups -OCH3 is 1. The smallest absolute Gasteiger partial charge is 0.251 e. The van der Waals surface area contributed by atoms with Crippen molar-refractivity contribution in [2.45, 2.75) is 38.9 Å². The number of anilines is 1. The second-order valence-electron chi connectivity index (χ2n) is 8.48. The summed E-state index contributed by atoms with van der Waals surface area (Å²) in [5.74, 6) is 1.28. The number of nitrogens with zero attached hydrogens (tertiary/aromatic N) is 3. The second kappa shape index (κ2) is 11.2. The number of aromatic nitrogens is 3. The van der Waals surface area contributed by atoms with E-state index in [1.807, 2.05) is 57.5 Å². The molecular formula is C25H31N5O3S. The molecule has 2 N–H and O–H groups in total. The highest BCUT2D eigenvalue weighted by atomic mass is 32.2. The van der Waals surface area contributed by atoms with E-state index in [0.29, 0.717) is 22.3 Å². The van der Waals surface area contributed by atoms with Crippen LogP contribution in [0.25, 0.3) is 0 Å². The molecule has 0 aliphatic rings. The summed E-state index contributed by atoms with van der Waals surface area (Å²) in [4.78, 5) is 25.3. The van der Waals surface area contributed by atoms with Crippen molar-refractivity contribution in [3.8, 4) is 5.75 Å². The number of hydrogen-bond donors (Lipinski definition) is 2. The maximum absolute atomic E-state index is 12.8. The molecule has 0 radical (unpaired) electrons.